The van der Waals surface area contributed by atoms with E-state index in [0.717, 1.165) is 0 Å². The number of nitrogens with one attached hydrogen (secondary N) is 1. The molecule has 0 saturated heterocycles. The van der Waals surface area contributed by atoms with Crippen LogP contribution in [0.2, 0.25) is 0 Å². The van der Waals surface area contributed by atoms with Crippen LogP contribution in [0.25, 0.3) is 10.9 Å². The van der Waals surface area contributed by atoms with E-state index in [1.807, 2.05) is 6.07 Å². The van der Waals surface area contributed by atoms with Crippen molar-refractivity contribution >= 4 is 20.7 Å². The number of nitriles is 1. The normalized spacial score (nSPS) is 11.2. The lowest BCUT2D eigenvalue weighted by atomic mass is 10.2. The Morgan fingerprint density at radius 2 is 1.96 bits per heavy atom. The van der Waals surface area contributed by atoms with Gasteiger partial charge in [-0.3, -0.25) is 4.79 Å². The molecule has 0 aliphatic carbocycles. The Kier molecular flexibility index (Phi) is 3.83. The lowest BCUT2D eigenvalue weighted by Crippen LogP contribution is -2.16. The zero-order chi connectivity index (χ0) is 17.3. The van der Waals surface area contributed by atoms with Crippen molar-refractivity contribution in [2.45, 2.75) is 9.79 Å². The van der Waals surface area contributed by atoms with Gasteiger partial charge in [-0.25, -0.2) is 8.42 Å². The Bertz CT molecular complexity index is 1140. The van der Waals surface area contributed by atoms with Crippen molar-refractivity contribution in [1.82, 2.24) is 4.98 Å². The fourth-order valence-electron chi connectivity index (χ4n) is 2.37. The number of hydrogen-bond acceptors (Lipinski definition) is 5. The molecule has 3 aromatic rings. The Morgan fingerprint density at radius 1 is 1.17 bits per heavy atom. The Morgan fingerprint density at radius 3 is 2.67 bits per heavy atom. The molecule has 120 valence electrons. The molecule has 7 heteroatoms. The van der Waals surface area contributed by atoms with E-state index in [4.69, 9.17) is 10.00 Å². The highest BCUT2D eigenvalue weighted by atomic mass is 32.2. The summed E-state index contributed by atoms with van der Waals surface area (Å²) >= 11 is 0. The van der Waals surface area contributed by atoms with Gasteiger partial charge >= 0.3 is 0 Å². The van der Waals surface area contributed by atoms with Crippen LogP contribution in [0, 0.1) is 11.3 Å². The highest BCUT2D eigenvalue weighted by molar-refractivity contribution is 7.91. The maximum absolute atomic E-state index is 12.8. The van der Waals surface area contributed by atoms with Crippen LogP contribution >= 0.6 is 0 Å². The second-order valence-electron chi connectivity index (χ2n) is 5.04. The number of methoxy groups -OCH3 is 1. The van der Waals surface area contributed by atoms with Gasteiger partial charge < -0.3 is 9.72 Å². The molecule has 0 fully saturated rings. The van der Waals surface area contributed by atoms with Crippen LogP contribution in [0.1, 0.15) is 5.56 Å². The summed E-state index contributed by atoms with van der Waals surface area (Å²) in [5.41, 5.74) is 0.0884. The van der Waals surface area contributed by atoms with E-state index in [2.05, 4.69) is 4.98 Å². The van der Waals surface area contributed by atoms with Gasteiger partial charge in [0, 0.05) is 11.7 Å². The first kappa shape index (κ1) is 15.8. The number of fused-ring (bicyclic) bond motifs is 1. The van der Waals surface area contributed by atoms with Gasteiger partial charge in [-0.15, -0.1) is 0 Å². The first-order valence-electron chi connectivity index (χ1n) is 6.92. The molecule has 1 N–H and O–H groups in total. The van der Waals surface area contributed by atoms with Crippen LogP contribution in [-0.4, -0.2) is 20.5 Å². The van der Waals surface area contributed by atoms with Crippen molar-refractivity contribution in [3.63, 3.8) is 0 Å². The van der Waals surface area contributed by atoms with Gasteiger partial charge in [-0.1, -0.05) is 6.07 Å². The average Bonchev–Trinajstić information content (AvgIpc) is 2.61. The predicted octanol–water partition coefficient (Wildman–Crippen LogP) is 2.24. The largest absolute Gasteiger partial charge is 0.497 e. The number of sulfone groups is 1. The molecule has 0 spiro atoms. The van der Waals surface area contributed by atoms with Crippen LogP contribution in [0.3, 0.4) is 0 Å². The number of pyridine rings is 1. The minimum Gasteiger partial charge on any atom is -0.497 e. The monoisotopic (exact) mass is 340 g/mol. The molecule has 0 atom stereocenters. The minimum atomic E-state index is -4.05. The number of nitrogens with zero attached hydrogens (tertiary/aromatic N) is 1. The first-order chi connectivity index (χ1) is 11.5. The molecular formula is C17H12N2O4S. The summed E-state index contributed by atoms with van der Waals surface area (Å²) in [5, 5.41) is 9.14. The van der Waals surface area contributed by atoms with Gasteiger partial charge in [0.2, 0.25) is 15.3 Å². The summed E-state index contributed by atoms with van der Waals surface area (Å²) in [5.74, 6) is 0.453. The molecule has 0 saturated carbocycles. The lowest BCUT2D eigenvalue weighted by molar-refractivity contribution is 0.415. The molecule has 1 aromatic heterocycles. The number of ether oxygens (including phenoxy) is 1. The lowest BCUT2D eigenvalue weighted by Gasteiger charge is -2.07. The first-order valence-corrected chi connectivity index (χ1v) is 8.40. The van der Waals surface area contributed by atoms with Gasteiger partial charge in [0.1, 0.15) is 10.6 Å². The zero-order valence-corrected chi connectivity index (χ0v) is 13.4. The Hall–Kier alpha value is -3.11. The standard InChI is InChI=1S/C17H12N2O4S/c1-23-12-5-6-15-14(8-12)17(20)16(10-19-15)24(21,22)13-4-2-3-11(7-13)9-18/h2-8,10H,1H3,(H,19,20). The smallest absolute Gasteiger partial charge is 0.211 e. The molecule has 3 rings (SSSR count). The fourth-order valence-corrected chi connectivity index (χ4v) is 3.73. The van der Waals surface area contributed by atoms with Gasteiger partial charge in [-0.2, -0.15) is 5.26 Å². The van der Waals surface area contributed by atoms with Crippen molar-refractivity contribution in [2.75, 3.05) is 7.11 Å². The summed E-state index contributed by atoms with van der Waals surface area (Å²) in [7, 11) is -2.59. The van der Waals surface area contributed by atoms with Crippen molar-refractivity contribution in [1.29, 1.82) is 5.26 Å². The molecule has 0 amide bonds. The third-order valence-electron chi connectivity index (χ3n) is 3.62. The Balaban J connectivity index is 2.26. The fraction of sp³-hybridized carbons (Fsp3) is 0.0588. The van der Waals surface area contributed by atoms with Crippen LogP contribution in [-0.2, 0) is 9.84 Å². The van der Waals surface area contributed by atoms with Crippen molar-refractivity contribution in [3.8, 4) is 11.8 Å². The van der Waals surface area contributed by atoms with E-state index in [1.54, 1.807) is 12.1 Å². The number of aromatic amines is 1. The van der Waals surface area contributed by atoms with E-state index >= 15 is 0 Å². The van der Waals surface area contributed by atoms with Crippen molar-refractivity contribution < 1.29 is 13.2 Å². The second kappa shape index (κ2) is 5.83. The van der Waals surface area contributed by atoms with Gasteiger partial charge in [0.05, 0.1) is 29.0 Å². The number of hydrogen-bond donors (Lipinski definition) is 1. The number of H-pyrrole nitrogens is 1. The van der Waals surface area contributed by atoms with E-state index in [9.17, 15) is 13.2 Å². The molecule has 0 aliphatic rings. The minimum absolute atomic E-state index is 0.103. The molecule has 0 radical (unpaired) electrons. The summed E-state index contributed by atoms with van der Waals surface area (Å²) in [6.07, 6.45) is 1.17. The van der Waals surface area contributed by atoms with Crippen LogP contribution in [0.5, 0.6) is 5.75 Å². The van der Waals surface area contributed by atoms with Crippen LogP contribution in [0.15, 0.2) is 63.2 Å². The van der Waals surface area contributed by atoms with Crippen molar-refractivity contribution in [3.05, 3.63) is 64.4 Å². The van der Waals surface area contributed by atoms with E-state index < -0.39 is 15.3 Å². The van der Waals surface area contributed by atoms with E-state index in [0.29, 0.717) is 11.3 Å². The molecule has 2 aromatic carbocycles. The van der Waals surface area contributed by atoms with Crippen LogP contribution in [0.4, 0.5) is 0 Å². The zero-order valence-electron chi connectivity index (χ0n) is 12.6. The van der Waals surface area contributed by atoms with Crippen LogP contribution < -0.4 is 10.2 Å². The predicted molar refractivity (Wildman–Crippen MR) is 87.7 cm³/mol. The summed E-state index contributed by atoms with van der Waals surface area (Å²) in [6.45, 7) is 0. The molecule has 1 heterocycles. The average molecular weight is 340 g/mol. The maximum Gasteiger partial charge on any atom is 0.211 e. The summed E-state index contributed by atoms with van der Waals surface area (Å²) in [6, 6.07) is 12.2. The number of rotatable bonds is 3. The summed E-state index contributed by atoms with van der Waals surface area (Å²) < 4.78 is 30.6. The quantitative estimate of drug-likeness (QED) is 0.788. The second-order valence-corrected chi connectivity index (χ2v) is 6.95. The number of aromatic nitrogens is 1. The third kappa shape index (κ3) is 2.53. The van der Waals surface area contributed by atoms with Gasteiger partial charge in [0.15, 0.2) is 0 Å². The molecule has 24 heavy (non-hydrogen) atoms. The van der Waals surface area contributed by atoms with Gasteiger partial charge in [0.25, 0.3) is 0 Å². The van der Waals surface area contributed by atoms with Crippen molar-refractivity contribution in [2.24, 2.45) is 0 Å². The molecular weight excluding hydrogens is 328 g/mol. The molecule has 6 nitrogen and oxygen atoms in total. The SMILES string of the molecule is COc1ccc2[nH]cc(S(=O)(=O)c3cccc(C#N)c3)c(=O)c2c1. The Labute approximate surface area is 137 Å². The highest BCUT2D eigenvalue weighted by Crippen LogP contribution is 2.22. The summed E-state index contributed by atoms with van der Waals surface area (Å²) in [4.78, 5) is 15.0. The maximum atomic E-state index is 12.8. The van der Waals surface area contributed by atoms with Gasteiger partial charge in [-0.05, 0) is 36.4 Å². The molecule has 0 bridgehead atoms. The highest BCUT2D eigenvalue weighted by Gasteiger charge is 2.23. The third-order valence-corrected chi connectivity index (χ3v) is 5.37. The molecule has 0 aliphatic heterocycles. The number of benzene rings is 2. The molecule has 0 unspecified atom stereocenters. The van der Waals surface area contributed by atoms with E-state index in [1.165, 1.54) is 43.6 Å². The topological polar surface area (TPSA) is 100 Å². The van der Waals surface area contributed by atoms with E-state index in [-0.39, 0.29) is 20.7 Å².